The summed E-state index contributed by atoms with van der Waals surface area (Å²) in [6, 6.07) is 0. The third-order valence-corrected chi connectivity index (χ3v) is 36.6. The van der Waals surface area contributed by atoms with E-state index in [1.54, 1.807) is 48.5 Å². The molecule has 4 fully saturated rings. The molecule has 0 aromatic heterocycles. The molecule has 2 aliphatic heterocycles. The van der Waals surface area contributed by atoms with Gasteiger partial charge in [-0.3, -0.25) is 28.8 Å². The molecule has 0 spiro atoms. The van der Waals surface area contributed by atoms with Gasteiger partial charge in [-0.1, -0.05) is 58.7 Å². The topological polar surface area (TPSA) is 169 Å². The van der Waals surface area contributed by atoms with E-state index in [0.717, 1.165) is 25.9 Å². The molecule has 0 aromatic rings. The monoisotopic (exact) mass is 1050 g/mol. The van der Waals surface area contributed by atoms with Gasteiger partial charge in [0.15, 0.2) is 8.32 Å². The molecule has 10 unspecified atom stereocenters. The van der Waals surface area contributed by atoms with Gasteiger partial charge in [-0.05, 0) is 119 Å². The van der Waals surface area contributed by atoms with Gasteiger partial charge < -0.3 is 28.5 Å². The summed E-state index contributed by atoms with van der Waals surface area (Å²) in [6.07, 6.45) is 3.65. The van der Waals surface area contributed by atoms with Crippen molar-refractivity contribution < 1.29 is 90.0 Å². The molecular formula is C48H83O12Si4Y-2. The van der Waals surface area contributed by atoms with E-state index < -0.39 is 66.2 Å². The van der Waals surface area contributed by atoms with Gasteiger partial charge in [0.1, 0.15) is 0 Å². The predicted octanol–water partition coefficient (Wildman–Crippen LogP) is 9.85. The van der Waals surface area contributed by atoms with Crippen LogP contribution in [0.1, 0.15) is 128 Å². The van der Waals surface area contributed by atoms with Crippen molar-refractivity contribution in [3.8, 4) is 0 Å². The first-order valence-electron chi connectivity index (χ1n) is 23.6. The third-order valence-electron chi connectivity index (χ3n) is 15.2. The van der Waals surface area contributed by atoms with E-state index >= 15 is 0 Å². The quantitative estimate of drug-likeness (QED) is 0.0454. The zero-order chi connectivity index (χ0) is 48.9. The van der Waals surface area contributed by atoms with Crippen molar-refractivity contribution in [3.05, 3.63) is 12.2 Å². The van der Waals surface area contributed by atoms with Crippen molar-refractivity contribution >= 4 is 70.5 Å². The Morgan fingerprint density at radius 3 is 1.82 bits per heavy atom. The zero-order valence-corrected chi connectivity index (χ0v) is 49.9. The van der Waals surface area contributed by atoms with Gasteiger partial charge in [0.25, 0.3) is 11.9 Å². The molecule has 4 rings (SSSR count). The van der Waals surface area contributed by atoms with Crippen LogP contribution in [0.15, 0.2) is 0 Å². The first kappa shape index (κ1) is 60.1. The number of carboxylic acid groups (broad SMARTS) is 1. The number of carboxylic acids is 1. The first-order valence-corrected chi connectivity index (χ1v) is 33.6. The minimum atomic E-state index is -1.81. The van der Waals surface area contributed by atoms with Crippen LogP contribution in [0, 0.1) is 75.3 Å². The number of hydrogen-bond acceptors (Lipinski definition) is 11. The largest absolute Gasteiger partial charge is 0.634 e. The zero-order valence-electron chi connectivity index (χ0n) is 43.0. The number of fused-ring (bicyclic) bond motifs is 2. The van der Waals surface area contributed by atoms with Crippen LogP contribution < -0.4 is 0 Å². The number of cyclic esters (lactones) is 2. The van der Waals surface area contributed by atoms with E-state index in [-0.39, 0.29) is 107 Å². The van der Waals surface area contributed by atoms with Gasteiger partial charge in [0.2, 0.25) is 0 Å². The summed E-state index contributed by atoms with van der Waals surface area (Å²) >= 11 is 0. The van der Waals surface area contributed by atoms with Crippen LogP contribution in [-0.4, -0.2) is 89.3 Å². The van der Waals surface area contributed by atoms with Crippen molar-refractivity contribution in [3.63, 3.8) is 0 Å². The van der Waals surface area contributed by atoms with Crippen LogP contribution in [0.2, 0.25) is 48.9 Å². The van der Waals surface area contributed by atoms with Crippen LogP contribution in [-0.2, 0) is 84.8 Å². The van der Waals surface area contributed by atoms with E-state index in [4.69, 9.17) is 23.4 Å². The van der Waals surface area contributed by atoms with Gasteiger partial charge in [0, 0.05) is 65.7 Å². The number of methoxy groups -OCH3 is 1. The summed E-state index contributed by atoms with van der Waals surface area (Å²) in [5.74, 6) is -4.61. The number of esters is 5. The molecule has 12 nitrogen and oxygen atoms in total. The molecule has 17 heteroatoms. The summed E-state index contributed by atoms with van der Waals surface area (Å²) in [5, 5.41) is 10.8. The Morgan fingerprint density at radius 2 is 1.35 bits per heavy atom. The summed E-state index contributed by atoms with van der Waals surface area (Å²) < 4.78 is 28.1. The van der Waals surface area contributed by atoms with E-state index in [2.05, 4.69) is 33.1 Å². The van der Waals surface area contributed by atoms with Crippen molar-refractivity contribution in [1.29, 1.82) is 0 Å². The second-order valence-electron chi connectivity index (χ2n) is 22.5. The molecule has 2 saturated heterocycles. The van der Waals surface area contributed by atoms with Crippen LogP contribution in [0.3, 0.4) is 0 Å². The fourth-order valence-electron chi connectivity index (χ4n) is 12.0. The smallest absolute Gasteiger partial charge is 0.318 e. The van der Waals surface area contributed by atoms with Crippen molar-refractivity contribution in [2.24, 2.45) is 63.1 Å². The molecule has 4 aliphatic rings. The molecule has 1 N–H and O–H groups in total. The molecule has 2 heterocycles. The number of carbonyl (C=O) groups excluding carboxylic acids is 5. The minimum absolute atomic E-state index is 0. The Kier molecular flexibility index (Phi) is 22.4. The number of rotatable bonds is 18. The van der Waals surface area contributed by atoms with E-state index in [1.165, 1.54) is 29.8 Å². The van der Waals surface area contributed by atoms with Crippen LogP contribution in [0.5, 0.6) is 0 Å². The van der Waals surface area contributed by atoms with E-state index in [9.17, 15) is 33.9 Å². The number of ether oxygens (including phenoxy) is 4. The van der Waals surface area contributed by atoms with Crippen LogP contribution in [0.25, 0.3) is 0 Å². The molecule has 2 aliphatic carbocycles. The van der Waals surface area contributed by atoms with Crippen molar-refractivity contribution in [1.82, 2.24) is 0 Å². The fraction of sp³-hybridized carbons (Fsp3) is 0.833. The predicted molar refractivity (Wildman–Crippen MR) is 256 cm³/mol. The van der Waals surface area contributed by atoms with Crippen molar-refractivity contribution in [2.75, 3.05) is 13.7 Å². The Labute approximate surface area is 423 Å². The van der Waals surface area contributed by atoms with Gasteiger partial charge in [0.05, 0.1) is 41.6 Å². The maximum atomic E-state index is 13.9. The molecule has 65 heavy (non-hydrogen) atoms. The number of aliphatic carboxylic acids is 1. The Bertz CT molecular complexity index is 1660. The second-order valence-corrected chi connectivity index (χ2v) is 37.1. The maximum absolute atomic E-state index is 13.9. The number of hydrogen-bond donors (Lipinski definition) is 1. The van der Waals surface area contributed by atoms with Crippen molar-refractivity contribution in [2.45, 2.75) is 177 Å². The Hall–Kier alpha value is -1.05. The minimum Gasteiger partial charge on any atom is -0.634 e. The standard InChI is InChI=1S/C39H66O10Si4.C9H17O2.Y/c1-13-37(5,36(45)48-24(2)3)18-39(7,35(43)44)19-38(6,16-29(40)46-8)32-31(33(41)49-34(32)42)30-25(4)28-15-26(30)14-27(28)17-47-53(12)22-51(10)20-50(9)21-52(11)23-53;1-6-9(4,5)8(10)11-7(2)3;/h25-28,30-32H,13-23H2,1-12H3,(H,43,44);6H2,1-5H3;/q2*-1;. The second kappa shape index (κ2) is 24.2. The molecule has 10 atom stereocenters. The average molecular weight is 1050 g/mol. The molecule has 368 valence electrons. The fourth-order valence-corrected chi connectivity index (χ4v) is 38.4. The van der Waals surface area contributed by atoms with Crippen LogP contribution >= 0.6 is 0 Å². The maximum Gasteiger partial charge on any atom is 0.318 e. The molecule has 2 saturated carbocycles. The Morgan fingerprint density at radius 1 is 0.815 bits per heavy atom. The third kappa shape index (κ3) is 15.2. The van der Waals surface area contributed by atoms with E-state index in [0.29, 0.717) is 30.5 Å². The number of carbonyl (C=O) groups is 6. The Balaban J connectivity index is 0.00000107. The summed E-state index contributed by atoms with van der Waals surface area (Å²) in [7, 11) is -1.50. The van der Waals surface area contributed by atoms with Gasteiger partial charge in [-0.2, -0.15) is 27.7 Å². The molecular weight excluding hydrogens is 970 g/mol. The first-order chi connectivity index (χ1) is 29.4. The summed E-state index contributed by atoms with van der Waals surface area (Å²) in [4.78, 5) is 78.6. The summed E-state index contributed by atoms with van der Waals surface area (Å²) in [6.45, 7) is 32.4. The van der Waals surface area contributed by atoms with Gasteiger partial charge in [-0.25, -0.2) is 0 Å². The van der Waals surface area contributed by atoms with Crippen LogP contribution in [0.4, 0.5) is 0 Å². The van der Waals surface area contributed by atoms with E-state index in [1.807, 2.05) is 27.7 Å². The molecule has 4 radical (unpaired) electrons. The normalized spacial score (nSPS) is 28.9. The van der Waals surface area contributed by atoms with Gasteiger partial charge in [-0.15, -0.1) is 12.2 Å². The summed E-state index contributed by atoms with van der Waals surface area (Å²) in [5.41, 5.74) is 1.24. The SMILES string of the molecule is CCC(C)(C)C(=O)O[C-](C)C.CCC(C)(CC(C)(CC(C)(CC(=O)OC)C1C(=O)OC(=O)C1C1C2CC(CO[Si]3(C)C[Si](C)C[Si](C)C[Si](C)C3)C(C2)C1C)C(=O)O)C(=O)O[C-](C)C.[Y]. The average Bonchev–Trinajstić information content (AvgIpc) is 3.82. The van der Waals surface area contributed by atoms with Gasteiger partial charge >= 0.3 is 23.9 Å². The molecule has 0 amide bonds. The molecule has 2 bridgehead atoms. The molecule has 0 aromatic carbocycles.